The van der Waals surface area contributed by atoms with Crippen LogP contribution >= 0.6 is 23.4 Å². The first-order valence-corrected chi connectivity index (χ1v) is 31.3. The fraction of sp³-hybridized carbons (Fsp3) is 0.509. The minimum Gasteiger partial charge on any atom is -0.444 e. The van der Waals surface area contributed by atoms with Crippen LogP contribution in [0.5, 0.6) is 0 Å². The Morgan fingerprint density at radius 3 is 2.15 bits per heavy atom. The van der Waals surface area contributed by atoms with E-state index in [4.69, 9.17) is 21.1 Å². The monoisotopic (exact) mass is 1170 g/mol. The maximum absolute atomic E-state index is 14.3. The van der Waals surface area contributed by atoms with E-state index in [-0.39, 0.29) is 23.1 Å². The molecule has 3 heterocycles. The molecule has 4 aromatic carbocycles. The number of sulfonamides is 1. The van der Waals surface area contributed by atoms with Crippen molar-refractivity contribution in [2.45, 2.75) is 104 Å². The van der Waals surface area contributed by atoms with Gasteiger partial charge in [-0.05, 0) is 143 Å². The van der Waals surface area contributed by atoms with Crippen molar-refractivity contribution in [3.63, 3.8) is 0 Å². The van der Waals surface area contributed by atoms with Crippen molar-refractivity contribution in [3.05, 3.63) is 119 Å². The summed E-state index contributed by atoms with van der Waals surface area (Å²) in [6, 6.07) is 25.9. The summed E-state index contributed by atoms with van der Waals surface area (Å²) in [7, 11) is -11.0. The first-order chi connectivity index (χ1) is 37.4. The molecule has 2 amide bonds. The van der Waals surface area contributed by atoms with Crippen LogP contribution in [0.4, 0.5) is 29.3 Å². The smallest absolute Gasteiger partial charge is 0.444 e. The zero-order chi connectivity index (χ0) is 56.6. The predicted octanol–water partition coefficient (Wildman–Crippen LogP) is 9.80. The van der Waals surface area contributed by atoms with Crippen molar-refractivity contribution in [1.82, 2.24) is 24.7 Å². The maximum Gasteiger partial charge on any atom is 0.501 e. The van der Waals surface area contributed by atoms with Crippen LogP contribution in [-0.4, -0.2) is 158 Å². The minimum absolute atomic E-state index is 0.0183. The first-order valence-electron chi connectivity index (χ1n) is 27.0. The Labute approximate surface area is 472 Å². The molecule has 1 aliphatic carbocycles. The number of anilines is 2. The number of alkyl halides is 3. The molecule has 0 spiro atoms. The van der Waals surface area contributed by atoms with Gasteiger partial charge in [0.15, 0.2) is 0 Å². The van der Waals surface area contributed by atoms with Crippen LogP contribution in [0.2, 0.25) is 5.02 Å². The molecule has 3 N–H and O–H groups in total. The highest BCUT2D eigenvalue weighted by Crippen LogP contribution is 2.44. The molecule has 430 valence electrons. The molecule has 79 heavy (non-hydrogen) atoms. The van der Waals surface area contributed by atoms with Gasteiger partial charge in [-0.1, -0.05) is 54.4 Å². The average molecular weight is 1170 g/mol. The van der Waals surface area contributed by atoms with Gasteiger partial charge in [-0.3, -0.25) is 14.6 Å². The summed E-state index contributed by atoms with van der Waals surface area (Å²) in [5.41, 5.74) is -1.89. The van der Waals surface area contributed by atoms with Gasteiger partial charge >= 0.3 is 11.6 Å². The molecule has 0 radical (unpaired) electrons. The second kappa shape index (κ2) is 25.9. The third-order valence-corrected chi connectivity index (χ3v) is 19.3. The van der Waals surface area contributed by atoms with E-state index in [0.29, 0.717) is 69.2 Å². The lowest BCUT2D eigenvalue weighted by atomic mass is 9.71. The molecular formula is C57H73ClF3N7O8S3. The summed E-state index contributed by atoms with van der Waals surface area (Å²) < 4.78 is 110. The number of nitrogens with one attached hydrogen (secondary N) is 3. The Hall–Kier alpha value is -4.87. The number of piperazine rings is 1. The molecule has 8 rings (SSSR count). The van der Waals surface area contributed by atoms with Crippen molar-refractivity contribution < 1.29 is 49.1 Å². The van der Waals surface area contributed by atoms with E-state index in [1.54, 1.807) is 12.1 Å². The number of amides is 2. The zero-order valence-corrected chi connectivity index (χ0v) is 48.5. The predicted molar refractivity (Wildman–Crippen MR) is 305 cm³/mol. The largest absolute Gasteiger partial charge is 0.501 e. The highest BCUT2D eigenvalue weighted by Gasteiger charge is 2.49. The molecule has 4 aliphatic rings. The number of halogens is 4. The molecule has 15 nitrogen and oxygen atoms in total. The number of benzene rings is 4. The summed E-state index contributed by atoms with van der Waals surface area (Å²) >= 11 is 7.77. The van der Waals surface area contributed by atoms with Gasteiger partial charge in [0.1, 0.15) is 10.5 Å². The number of likely N-dealkylation sites (tertiary alicyclic amines) is 1. The van der Waals surface area contributed by atoms with E-state index >= 15 is 0 Å². The standard InChI is InChI=1S/C57H73ClF3N7O8S3/c1-55(2,3)76-54(70)63-45-21-26-67(27-22-45)40-56(4)24-20-50(41-10-14-44(58)15-11-41)43(37-56)38-66-28-30-68(31-29-66)47-16-12-42(13-17-47)53(69)64-79(73,74)49-18-19-51(52(36-49)78(71,72)57(59,60)61)62-46(23-25-65-32-34-75-35-33-65)39-77-48-8-6-5-7-9-48/h5-19,36,45-46,62H,20-35,37-40H2,1-4H3,(H,63,70)(H,64,69)/t46-,56?/m1/s1. The van der Waals surface area contributed by atoms with Crippen molar-refractivity contribution in [1.29, 1.82) is 0 Å². The van der Waals surface area contributed by atoms with E-state index in [0.717, 1.165) is 94.1 Å². The van der Waals surface area contributed by atoms with Crippen molar-refractivity contribution in [2.75, 3.05) is 101 Å². The van der Waals surface area contributed by atoms with Gasteiger partial charge in [0.2, 0.25) is 0 Å². The van der Waals surface area contributed by atoms with E-state index in [9.17, 15) is 39.6 Å². The molecular weight excluding hydrogens is 1100 g/mol. The number of rotatable bonds is 19. The van der Waals surface area contributed by atoms with Crippen LogP contribution in [0.3, 0.4) is 0 Å². The molecule has 22 heteroatoms. The van der Waals surface area contributed by atoms with Crippen molar-refractivity contribution in [2.24, 2.45) is 5.41 Å². The fourth-order valence-electron chi connectivity index (χ4n) is 10.8. The van der Waals surface area contributed by atoms with E-state index in [1.165, 1.54) is 40.6 Å². The lowest BCUT2D eigenvalue weighted by molar-refractivity contribution is -0.0436. The highest BCUT2D eigenvalue weighted by atomic mass is 35.5. The number of allylic oxidation sites excluding steroid dienone is 1. The number of sulfone groups is 1. The van der Waals surface area contributed by atoms with Gasteiger partial charge in [0, 0.05) is 111 Å². The van der Waals surface area contributed by atoms with E-state index < -0.39 is 58.4 Å². The second-order valence-electron chi connectivity index (χ2n) is 22.3. The summed E-state index contributed by atoms with van der Waals surface area (Å²) in [5, 5.41) is 6.75. The fourth-order valence-corrected chi connectivity index (χ4v) is 13.9. The number of ether oxygens (including phenoxy) is 2. The van der Waals surface area contributed by atoms with E-state index in [2.05, 4.69) is 49.3 Å². The Kier molecular flexibility index (Phi) is 19.8. The lowest BCUT2D eigenvalue weighted by Gasteiger charge is -2.44. The Morgan fingerprint density at radius 2 is 1.51 bits per heavy atom. The van der Waals surface area contributed by atoms with Crippen LogP contribution in [0.15, 0.2) is 117 Å². The quantitative estimate of drug-likeness (QED) is 0.0759. The number of piperidine rings is 1. The number of alkyl carbamates (subject to hydrolysis) is 1. The molecule has 0 aromatic heterocycles. The van der Waals surface area contributed by atoms with Crippen molar-refractivity contribution in [3.8, 4) is 0 Å². The molecule has 3 fully saturated rings. The maximum atomic E-state index is 14.3. The Morgan fingerprint density at radius 1 is 0.835 bits per heavy atom. The summed E-state index contributed by atoms with van der Waals surface area (Å²) in [5.74, 6) is -0.679. The molecule has 3 aliphatic heterocycles. The van der Waals surface area contributed by atoms with Crippen LogP contribution < -0.4 is 20.3 Å². The van der Waals surface area contributed by atoms with Gasteiger partial charge in [-0.15, -0.1) is 11.8 Å². The van der Waals surface area contributed by atoms with Crippen LogP contribution in [0, 0.1) is 5.41 Å². The van der Waals surface area contributed by atoms with E-state index in [1.807, 2.05) is 68.0 Å². The minimum atomic E-state index is -6.08. The van der Waals surface area contributed by atoms with Gasteiger partial charge < -0.3 is 29.9 Å². The zero-order valence-electron chi connectivity index (χ0n) is 45.3. The number of hydrogen-bond acceptors (Lipinski definition) is 14. The number of carbonyl (C=O) groups is 2. The molecule has 4 aromatic rings. The van der Waals surface area contributed by atoms with Crippen LogP contribution in [0.25, 0.3) is 5.57 Å². The third-order valence-electron chi connectivity index (χ3n) is 15.0. The molecule has 2 atom stereocenters. The molecule has 0 saturated carbocycles. The summed E-state index contributed by atoms with van der Waals surface area (Å²) in [4.78, 5) is 34.1. The molecule has 0 bridgehead atoms. The highest BCUT2D eigenvalue weighted by molar-refractivity contribution is 7.99. The van der Waals surface area contributed by atoms with Crippen LogP contribution in [-0.2, 0) is 29.3 Å². The van der Waals surface area contributed by atoms with Crippen molar-refractivity contribution >= 4 is 72.2 Å². The number of nitrogens with zero attached hydrogens (tertiary/aromatic N) is 4. The Bertz CT molecular complexity index is 2980. The number of carbonyl (C=O) groups excluding carboxylic acids is 2. The van der Waals surface area contributed by atoms with Gasteiger partial charge in [-0.2, -0.15) is 13.2 Å². The first kappa shape index (κ1) is 60.2. The SMILES string of the molecule is CC1(CN2CCC(NC(=O)OC(C)(C)C)CC2)CCC(c2ccc(Cl)cc2)=C(CN2CCN(c3ccc(C(=O)NS(=O)(=O)c4ccc(N[C@H](CCN5CCOCC5)CSc5ccccc5)c(S(=O)(=O)C(F)(F)F)c4)cc3)CC2)C1. The van der Waals surface area contributed by atoms with Crippen LogP contribution in [0.1, 0.15) is 82.1 Å². The number of hydrogen-bond donors (Lipinski definition) is 3. The molecule has 1 unspecified atom stereocenters. The van der Waals surface area contributed by atoms with Gasteiger partial charge in [0.25, 0.3) is 25.8 Å². The number of morpholine rings is 1. The Balaban J connectivity index is 0.893. The number of thioether (sulfide) groups is 1. The third kappa shape index (κ3) is 16.6. The topological polar surface area (TPSA) is 170 Å². The second-order valence-corrected chi connectivity index (χ2v) is 27.5. The normalized spacial score (nSPS) is 20.2. The summed E-state index contributed by atoms with van der Waals surface area (Å²) in [6.45, 7) is 17.5. The lowest BCUT2D eigenvalue weighted by Crippen LogP contribution is -2.49. The van der Waals surface area contributed by atoms with Gasteiger partial charge in [-0.25, -0.2) is 26.4 Å². The average Bonchev–Trinajstić information content (AvgIpc) is 3.45. The van der Waals surface area contributed by atoms with Gasteiger partial charge in [0.05, 0.1) is 23.8 Å². The molecule has 3 saturated heterocycles. The summed E-state index contributed by atoms with van der Waals surface area (Å²) in [6.07, 6.45) is 4.73.